The molecule has 1 aliphatic carbocycles. The van der Waals surface area contributed by atoms with E-state index in [4.69, 9.17) is 0 Å². The average molecular weight is 277 g/mol. The van der Waals surface area contributed by atoms with Gasteiger partial charge in [-0.1, -0.05) is 13.0 Å². The quantitative estimate of drug-likeness (QED) is 0.861. The summed E-state index contributed by atoms with van der Waals surface area (Å²) in [6, 6.07) is 3.89. The molecule has 1 aromatic heterocycles. The van der Waals surface area contributed by atoms with Crippen molar-refractivity contribution >= 4 is 0 Å². The summed E-state index contributed by atoms with van der Waals surface area (Å²) in [7, 11) is 0. The third-order valence-corrected chi connectivity index (χ3v) is 4.29. The van der Waals surface area contributed by atoms with E-state index in [0.29, 0.717) is 18.0 Å². The smallest absolute Gasteiger partial charge is 0.137 e. The van der Waals surface area contributed by atoms with Crippen LogP contribution in [0, 0.1) is 17.6 Å². The molecule has 0 saturated heterocycles. The van der Waals surface area contributed by atoms with Gasteiger partial charge in [0.05, 0.1) is 6.54 Å². The summed E-state index contributed by atoms with van der Waals surface area (Å²) in [5, 5.41) is 4.13. The molecule has 1 saturated carbocycles. The molecule has 0 radical (unpaired) electrons. The average Bonchev–Trinajstić information content (AvgIpc) is 3.00. The third-order valence-electron chi connectivity index (χ3n) is 4.29. The van der Waals surface area contributed by atoms with Crippen LogP contribution in [0.15, 0.2) is 30.9 Å². The fraction of sp³-hybridized carbons (Fsp3) is 0.467. The van der Waals surface area contributed by atoms with Crippen LogP contribution in [-0.4, -0.2) is 14.8 Å². The van der Waals surface area contributed by atoms with Crippen LogP contribution in [0.4, 0.5) is 8.78 Å². The summed E-state index contributed by atoms with van der Waals surface area (Å²) in [6.07, 6.45) is 5.94. The Kier molecular flexibility index (Phi) is 3.28. The second kappa shape index (κ2) is 4.96. The molecule has 0 aliphatic heterocycles. The highest BCUT2D eigenvalue weighted by Crippen LogP contribution is 2.46. The van der Waals surface area contributed by atoms with Gasteiger partial charge in [-0.2, -0.15) is 5.10 Å². The molecule has 0 spiro atoms. The molecule has 1 fully saturated rings. The number of aromatic nitrogens is 3. The van der Waals surface area contributed by atoms with E-state index in [1.165, 1.54) is 12.4 Å². The predicted octanol–water partition coefficient (Wildman–Crippen LogP) is 3.31. The lowest BCUT2D eigenvalue weighted by Gasteiger charge is -2.30. The van der Waals surface area contributed by atoms with Crippen LogP contribution in [0.5, 0.6) is 0 Å². The van der Waals surface area contributed by atoms with Crippen molar-refractivity contribution in [2.75, 3.05) is 0 Å². The summed E-state index contributed by atoms with van der Waals surface area (Å²) in [4.78, 5) is 3.94. The van der Waals surface area contributed by atoms with Crippen LogP contribution >= 0.6 is 0 Å². The molecule has 20 heavy (non-hydrogen) atoms. The zero-order valence-corrected chi connectivity index (χ0v) is 11.4. The van der Waals surface area contributed by atoms with Crippen LogP contribution in [0.25, 0.3) is 0 Å². The highest BCUT2D eigenvalue weighted by atomic mass is 19.1. The molecular weight excluding hydrogens is 260 g/mol. The highest BCUT2D eigenvalue weighted by molar-refractivity contribution is 5.29. The van der Waals surface area contributed by atoms with Gasteiger partial charge in [-0.3, -0.25) is 4.68 Å². The van der Waals surface area contributed by atoms with Crippen molar-refractivity contribution in [2.24, 2.45) is 5.92 Å². The molecule has 1 aliphatic rings. The molecule has 5 heteroatoms. The van der Waals surface area contributed by atoms with Crippen molar-refractivity contribution in [2.45, 2.75) is 38.1 Å². The van der Waals surface area contributed by atoms with Gasteiger partial charge in [-0.05, 0) is 36.8 Å². The second-order valence-corrected chi connectivity index (χ2v) is 5.85. The van der Waals surface area contributed by atoms with E-state index in [2.05, 4.69) is 17.0 Å². The number of benzene rings is 1. The largest absolute Gasteiger partial charge is 0.252 e. The summed E-state index contributed by atoms with van der Waals surface area (Å²) >= 11 is 0. The molecule has 3 rings (SSSR count). The van der Waals surface area contributed by atoms with Crippen molar-refractivity contribution in [3.8, 4) is 0 Å². The van der Waals surface area contributed by atoms with Gasteiger partial charge >= 0.3 is 0 Å². The Labute approximate surface area is 116 Å². The zero-order valence-electron chi connectivity index (χ0n) is 11.4. The van der Waals surface area contributed by atoms with Gasteiger partial charge in [0.2, 0.25) is 0 Å². The van der Waals surface area contributed by atoms with E-state index in [-0.39, 0.29) is 5.41 Å². The van der Waals surface area contributed by atoms with Crippen LogP contribution in [0.2, 0.25) is 0 Å². The van der Waals surface area contributed by atoms with Gasteiger partial charge < -0.3 is 0 Å². The Morgan fingerprint density at radius 2 is 2.25 bits per heavy atom. The molecule has 0 N–H and O–H groups in total. The van der Waals surface area contributed by atoms with E-state index in [9.17, 15) is 8.78 Å². The minimum Gasteiger partial charge on any atom is -0.252 e. The first kappa shape index (κ1) is 13.2. The number of halogens is 2. The van der Waals surface area contributed by atoms with Crippen LogP contribution < -0.4 is 0 Å². The second-order valence-electron chi connectivity index (χ2n) is 5.85. The lowest BCUT2D eigenvalue weighted by Crippen LogP contribution is -2.30. The molecule has 1 heterocycles. The van der Waals surface area contributed by atoms with E-state index in [1.807, 2.05) is 0 Å². The van der Waals surface area contributed by atoms with Crippen molar-refractivity contribution in [3.63, 3.8) is 0 Å². The lowest BCUT2D eigenvalue weighted by atomic mass is 9.78. The van der Waals surface area contributed by atoms with E-state index >= 15 is 0 Å². The van der Waals surface area contributed by atoms with Gasteiger partial charge in [0, 0.05) is 11.5 Å². The zero-order chi connectivity index (χ0) is 14.2. The molecular formula is C15H17F2N3. The van der Waals surface area contributed by atoms with Gasteiger partial charge in [-0.15, -0.1) is 0 Å². The van der Waals surface area contributed by atoms with Gasteiger partial charge in [0.1, 0.15) is 24.3 Å². The highest BCUT2D eigenvalue weighted by Gasteiger charge is 2.41. The van der Waals surface area contributed by atoms with Crippen LogP contribution in [-0.2, 0) is 12.0 Å². The summed E-state index contributed by atoms with van der Waals surface area (Å²) in [6.45, 7) is 2.75. The summed E-state index contributed by atoms with van der Waals surface area (Å²) in [5.41, 5.74) is 0.281. The molecule has 2 atom stereocenters. The third kappa shape index (κ3) is 2.32. The lowest BCUT2D eigenvalue weighted by molar-refractivity contribution is 0.328. The molecule has 106 valence electrons. The maximum Gasteiger partial charge on any atom is 0.137 e. The maximum atomic E-state index is 14.2. The van der Waals surface area contributed by atoms with Crippen molar-refractivity contribution in [1.29, 1.82) is 0 Å². The van der Waals surface area contributed by atoms with Gasteiger partial charge in [0.15, 0.2) is 0 Å². The molecule has 2 unspecified atom stereocenters. The Morgan fingerprint density at radius 3 is 2.85 bits per heavy atom. The first-order valence-electron chi connectivity index (χ1n) is 6.87. The Hall–Kier alpha value is -1.78. The van der Waals surface area contributed by atoms with Gasteiger partial charge in [-0.25, -0.2) is 13.8 Å². The Balaban J connectivity index is 2.01. The van der Waals surface area contributed by atoms with E-state index < -0.39 is 11.6 Å². The predicted molar refractivity (Wildman–Crippen MR) is 71.1 cm³/mol. The normalized spacial score (nSPS) is 26.1. The number of rotatable bonds is 3. The number of hydrogen-bond acceptors (Lipinski definition) is 2. The fourth-order valence-corrected chi connectivity index (χ4v) is 3.41. The Bertz CT molecular complexity index is 597. The topological polar surface area (TPSA) is 30.7 Å². The number of hydrogen-bond donors (Lipinski definition) is 0. The standard InChI is InChI=1S/C15H17F2N3/c1-11-4-5-15(7-11,8-20-10-18-9-19-20)13-3-2-12(16)6-14(13)17/h2-3,6,9-11H,4-5,7-8H2,1H3. The first-order valence-corrected chi connectivity index (χ1v) is 6.87. The summed E-state index contributed by atoms with van der Waals surface area (Å²) < 4.78 is 29.1. The first-order chi connectivity index (χ1) is 9.59. The molecule has 1 aromatic carbocycles. The van der Waals surface area contributed by atoms with Crippen molar-refractivity contribution in [3.05, 3.63) is 48.1 Å². The molecule has 0 amide bonds. The maximum absolute atomic E-state index is 14.2. The van der Waals surface area contributed by atoms with E-state index in [1.54, 1.807) is 17.1 Å². The molecule has 3 nitrogen and oxygen atoms in total. The van der Waals surface area contributed by atoms with Gasteiger partial charge in [0.25, 0.3) is 0 Å². The van der Waals surface area contributed by atoms with E-state index in [0.717, 1.165) is 25.3 Å². The minimum absolute atomic E-state index is 0.315. The van der Waals surface area contributed by atoms with Crippen LogP contribution in [0.1, 0.15) is 31.7 Å². The molecule has 0 bridgehead atoms. The fourth-order valence-electron chi connectivity index (χ4n) is 3.41. The van der Waals surface area contributed by atoms with Crippen LogP contribution in [0.3, 0.4) is 0 Å². The molecule has 2 aromatic rings. The SMILES string of the molecule is CC1CCC(Cn2cncn2)(c2ccc(F)cc2F)C1. The minimum atomic E-state index is -0.534. The summed E-state index contributed by atoms with van der Waals surface area (Å²) in [5.74, 6) is -0.463. The Morgan fingerprint density at radius 1 is 1.40 bits per heavy atom. The number of nitrogens with zero attached hydrogens (tertiary/aromatic N) is 3. The van der Waals surface area contributed by atoms with Crippen molar-refractivity contribution in [1.82, 2.24) is 14.8 Å². The van der Waals surface area contributed by atoms with Crippen molar-refractivity contribution < 1.29 is 8.78 Å². The monoisotopic (exact) mass is 277 g/mol.